The fraction of sp³-hybridized carbons (Fsp3) is 0.375. The molecule has 1 N–H and O–H groups in total. The summed E-state index contributed by atoms with van der Waals surface area (Å²) in [5.41, 5.74) is 0. The van der Waals surface area contributed by atoms with Crippen LogP contribution in [0.25, 0.3) is 10.8 Å². The topological polar surface area (TPSA) is 13.7 Å². The fourth-order valence-electron chi connectivity index (χ4n) is 2.12. The first-order chi connectivity index (χ1) is 9.18. The monoisotopic (exact) mass is 278 g/mol. The van der Waals surface area contributed by atoms with Crippen molar-refractivity contribution in [3.05, 3.63) is 41.4 Å². The molecule has 0 spiro atoms. The zero-order valence-corrected chi connectivity index (χ0v) is 12.3. The Labute approximate surface area is 119 Å². The van der Waals surface area contributed by atoms with Gasteiger partial charge in [0.2, 0.25) is 0 Å². The van der Waals surface area contributed by atoms with Crippen LogP contribution >= 0.6 is 11.6 Å². The zero-order chi connectivity index (χ0) is 13.7. The average Bonchev–Trinajstić information content (AvgIpc) is 2.41. The van der Waals surface area contributed by atoms with E-state index in [1.54, 1.807) is 0 Å². The Bertz CT molecular complexity index is 539. The van der Waals surface area contributed by atoms with Crippen LogP contribution in [0.15, 0.2) is 36.4 Å². The fourth-order valence-corrected chi connectivity index (χ4v) is 2.35. The molecule has 0 heterocycles. The van der Waals surface area contributed by atoms with Crippen molar-refractivity contribution >= 4 is 22.4 Å². The Kier molecular flexibility index (Phi) is 5.06. The standard InChI is InChI=1S/C16H20ClNO/c1-18(2)11-5-6-12-19-16-10-9-15(17)13-7-3-4-8-14(13)16/h3-4,7-10H,5-6,11-12H2,1-2H3/p+1. The number of benzene rings is 2. The maximum Gasteiger partial charge on any atom is 0.127 e. The summed E-state index contributed by atoms with van der Waals surface area (Å²) in [6, 6.07) is 12.0. The van der Waals surface area contributed by atoms with Crippen LogP contribution in [0.1, 0.15) is 12.8 Å². The van der Waals surface area contributed by atoms with Gasteiger partial charge in [-0.25, -0.2) is 0 Å². The summed E-state index contributed by atoms with van der Waals surface area (Å²) >= 11 is 6.19. The van der Waals surface area contributed by atoms with E-state index in [4.69, 9.17) is 16.3 Å². The molecule has 0 aliphatic carbocycles. The van der Waals surface area contributed by atoms with Crippen molar-refractivity contribution in [2.45, 2.75) is 12.8 Å². The van der Waals surface area contributed by atoms with Crippen LogP contribution in [0.4, 0.5) is 0 Å². The molecule has 102 valence electrons. The largest absolute Gasteiger partial charge is 0.493 e. The number of quaternary nitrogens is 1. The number of hydrogen-bond acceptors (Lipinski definition) is 1. The number of halogens is 1. The van der Waals surface area contributed by atoms with Crippen molar-refractivity contribution in [3.63, 3.8) is 0 Å². The van der Waals surface area contributed by atoms with Crippen molar-refractivity contribution in [2.75, 3.05) is 27.2 Å². The van der Waals surface area contributed by atoms with E-state index in [1.165, 1.54) is 17.9 Å². The highest BCUT2D eigenvalue weighted by Gasteiger charge is 2.05. The lowest BCUT2D eigenvalue weighted by molar-refractivity contribution is -0.858. The van der Waals surface area contributed by atoms with E-state index in [9.17, 15) is 0 Å². The molecule has 0 fully saturated rings. The van der Waals surface area contributed by atoms with Crippen LogP contribution in [0.3, 0.4) is 0 Å². The van der Waals surface area contributed by atoms with Crippen LogP contribution in [0.2, 0.25) is 5.02 Å². The number of rotatable bonds is 6. The Morgan fingerprint density at radius 1 is 1.00 bits per heavy atom. The van der Waals surface area contributed by atoms with Gasteiger partial charge >= 0.3 is 0 Å². The summed E-state index contributed by atoms with van der Waals surface area (Å²) in [6.07, 6.45) is 2.27. The Hall–Kier alpha value is -1.25. The van der Waals surface area contributed by atoms with Gasteiger partial charge < -0.3 is 9.64 Å². The summed E-state index contributed by atoms with van der Waals surface area (Å²) in [5.74, 6) is 0.928. The van der Waals surface area contributed by atoms with Gasteiger partial charge in [0.05, 0.1) is 27.2 Å². The van der Waals surface area contributed by atoms with Gasteiger partial charge in [0.25, 0.3) is 0 Å². The van der Waals surface area contributed by atoms with Gasteiger partial charge in [-0.1, -0.05) is 35.9 Å². The van der Waals surface area contributed by atoms with Gasteiger partial charge in [-0.05, 0) is 25.0 Å². The van der Waals surface area contributed by atoms with Crippen molar-refractivity contribution < 1.29 is 9.64 Å². The molecule has 0 aliphatic rings. The summed E-state index contributed by atoms with van der Waals surface area (Å²) in [6.45, 7) is 1.95. The van der Waals surface area contributed by atoms with Crippen LogP contribution < -0.4 is 9.64 Å². The van der Waals surface area contributed by atoms with Crippen molar-refractivity contribution in [1.29, 1.82) is 0 Å². The van der Waals surface area contributed by atoms with Gasteiger partial charge in [0.15, 0.2) is 0 Å². The average molecular weight is 279 g/mol. The third-order valence-electron chi connectivity index (χ3n) is 3.16. The van der Waals surface area contributed by atoms with Crippen LogP contribution in [0.5, 0.6) is 5.75 Å². The molecule has 0 aliphatic heterocycles. The molecule has 0 unspecified atom stereocenters. The van der Waals surface area contributed by atoms with E-state index in [2.05, 4.69) is 20.2 Å². The predicted molar refractivity (Wildman–Crippen MR) is 81.4 cm³/mol. The Morgan fingerprint density at radius 3 is 2.47 bits per heavy atom. The summed E-state index contributed by atoms with van der Waals surface area (Å²) in [4.78, 5) is 1.48. The zero-order valence-electron chi connectivity index (χ0n) is 11.6. The number of unbranched alkanes of at least 4 members (excludes halogenated alkanes) is 1. The molecule has 0 saturated heterocycles. The minimum atomic E-state index is 0.763. The maximum atomic E-state index is 6.19. The Morgan fingerprint density at radius 2 is 1.74 bits per heavy atom. The second-order valence-electron chi connectivity index (χ2n) is 5.10. The smallest absolute Gasteiger partial charge is 0.127 e. The highest BCUT2D eigenvalue weighted by atomic mass is 35.5. The number of hydrogen-bond donors (Lipinski definition) is 1. The maximum absolute atomic E-state index is 6.19. The molecule has 0 radical (unpaired) electrons. The molecule has 19 heavy (non-hydrogen) atoms. The first kappa shape index (κ1) is 14.2. The lowest BCUT2D eigenvalue weighted by Gasteiger charge is -2.11. The molecule has 2 aromatic rings. The van der Waals surface area contributed by atoms with Gasteiger partial charge in [-0.2, -0.15) is 0 Å². The molecular formula is C16H21ClNO+. The highest BCUT2D eigenvalue weighted by molar-refractivity contribution is 6.35. The van der Waals surface area contributed by atoms with Gasteiger partial charge in [-0.3, -0.25) is 0 Å². The van der Waals surface area contributed by atoms with Crippen LogP contribution in [0, 0.1) is 0 Å². The number of fused-ring (bicyclic) bond motifs is 1. The molecule has 0 atom stereocenters. The quantitative estimate of drug-likeness (QED) is 0.802. The second-order valence-corrected chi connectivity index (χ2v) is 5.51. The molecule has 3 heteroatoms. The minimum Gasteiger partial charge on any atom is -0.493 e. The molecule has 2 rings (SSSR count). The van der Waals surface area contributed by atoms with E-state index < -0.39 is 0 Å². The predicted octanol–water partition coefficient (Wildman–Crippen LogP) is 2.80. The minimum absolute atomic E-state index is 0.763. The van der Waals surface area contributed by atoms with E-state index in [0.717, 1.165) is 34.6 Å². The normalized spacial score (nSPS) is 11.2. The van der Waals surface area contributed by atoms with Crippen molar-refractivity contribution in [2.24, 2.45) is 0 Å². The molecule has 0 saturated carbocycles. The highest BCUT2D eigenvalue weighted by Crippen LogP contribution is 2.31. The van der Waals surface area contributed by atoms with Crippen LogP contribution in [-0.2, 0) is 0 Å². The van der Waals surface area contributed by atoms with Gasteiger partial charge in [0.1, 0.15) is 5.75 Å². The molecule has 2 aromatic carbocycles. The number of ether oxygens (including phenoxy) is 1. The van der Waals surface area contributed by atoms with Crippen LogP contribution in [-0.4, -0.2) is 27.2 Å². The molecule has 2 nitrogen and oxygen atoms in total. The van der Waals surface area contributed by atoms with E-state index in [1.807, 2.05) is 30.3 Å². The molecule has 0 bridgehead atoms. The molecule has 0 amide bonds. The molecular weight excluding hydrogens is 258 g/mol. The Balaban J connectivity index is 1.99. The summed E-state index contributed by atoms with van der Waals surface area (Å²) < 4.78 is 5.89. The second kappa shape index (κ2) is 6.78. The first-order valence-corrected chi connectivity index (χ1v) is 7.15. The van der Waals surface area contributed by atoms with E-state index in [-0.39, 0.29) is 0 Å². The third kappa shape index (κ3) is 3.85. The number of nitrogens with one attached hydrogen (secondary N) is 1. The summed E-state index contributed by atoms with van der Waals surface area (Å²) in [7, 11) is 4.35. The van der Waals surface area contributed by atoms with Gasteiger partial charge in [0, 0.05) is 15.8 Å². The third-order valence-corrected chi connectivity index (χ3v) is 3.49. The van der Waals surface area contributed by atoms with Gasteiger partial charge in [-0.15, -0.1) is 0 Å². The SMILES string of the molecule is C[NH+](C)CCCCOc1ccc(Cl)c2ccccc12. The van der Waals surface area contributed by atoms with E-state index in [0.29, 0.717) is 0 Å². The van der Waals surface area contributed by atoms with Crippen molar-refractivity contribution in [1.82, 2.24) is 0 Å². The summed E-state index contributed by atoms with van der Waals surface area (Å²) in [5, 5.41) is 2.92. The molecule has 0 aromatic heterocycles. The lowest BCUT2D eigenvalue weighted by Crippen LogP contribution is -3.05. The van der Waals surface area contributed by atoms with E-state index >= 15 is 0 Å². The lowest BCUT2D eigenvalue weighted by atomic mass is 10.1. The first-order valence-electron chi connectivity index (χ1n) is 6.77. The van der Waals surface area contributed by atoms with Crippen molar-refractivity contribution in [3.8, 4) is 5.75 Å².